The first-order valence-electron chi connectivity index (χ1n) is 4.92. The normalized spacial score (nSPS) is 11.1. The summed E-state index contributed by atoms with van der Waals surface area (Å²) in [6.45, 7) is 2.03. The fourth-order valence-corrected chi connectivity index (χ4v) is 2.17. The third-order valence-corrected chi connectivity index (χ3v) is 3.26. The van der Waals surface area contributed by atoms with Crippen LogP contribution >= 0.6 is 11.3 Å². The van der Waals surface area contributed by atoms with Crippen molar-refractivity contribution in [3.05, 3.63) is 45.9 Å². The van der Waals surface area contributed by atoms with Gasteiger partial charge in [-0.1, -0.05) is 0 Å². The van der Waals surface area contributed by atoms with Crippen molar-refractivity contribution in [2.75, 3.05) is 0 Å². The van der Waals surface area contributed by atoms with Crippen LogP contribution in [-0.4, -0.2) is 15.6 Å². The highest BCUT2D eigenvalue weighted by molar-refractivity contribution is 7.11. The van der Waals surface area contributed by atoms with E-state index in [9.17, 15) is 4.79 Å². The molecule has 0 aliphatic heterocycles. The predicted octanol–water partition coefficient (Wildman–Crippen LogP) is 2.69. The van der Waals surface area contributed by atoms with Crippen molar-refractivity contribution in [1.29, 1.82) is 0 Å². The summed E-state index contributed by atoms with van der Waals surface area (Å²) < 4.78 is 1.62. The molecule has 0 unspecified atom stereocenters. The molecule has 0 aromatic carbocycles. The van der Waals surface area contributed by atoms with E-state index in [0.717, 1.165) is 4.88 Å². The molecule has 0 amide bonds. The Morgan fingerprint density at radius 1 is 1.56 bits per heavy atom. The molecule has 0 saturated heterocycles. The minimum absolute atomic E-state index is 0.0131. The van der Waals surface area contributed by atoms with Gasteiger partial charge in [0, 0.05) is 18.1 Å². The van der Waals surface area contributed by atoms with Gasteiger partial charge >= 0.3 is 0 Å². The van der Waals surface area contributed by atoms with Crippen LogP contribution in [0.5, 0.6) is 0 Å². The molecular formula is C12H12N2OS. The van der Waals surface area contributed by atoms with Crippen molar-refractivity contribution >= 4 is 23.2 Å². The predicted molar refractivity (Wildman–Crippen MR) is 65.6 cm³/mol. The van der Waals surface area contributed by atoms with Gasteiger partial charge in [0.05, 0.1) is 11.8 Å². The molecule has 16 heavy (non-hydrogen) atoms. The molecule has 0 N–H and O–H groups in total. The van der Waals surface area contributed by atoms with E-state index in [-0.39, 0.29) is 5.78 Å². The van der Waals surface area contributed by atoms with E-state index in [1.807, 2.05) is 24.4 Å². The maximum atomic E-state index is 11.7. The van der Waals surface area contributed by atoms with Crippen LogP contribution in [0, 0.1) is 6.92 Å². The summed E-state index contributed by atoms with van der Waals surface area (Å²) in [6, 6.07) is 2.04. The summed E-state index contributed by atoms with van der Waals surface area (Å²) in [5.41, 5.74) is 1.81. The Kier molecular flexibility index (Phi) is 3.01. The van der Waals surface area contributed by atoms with Gasteiger partial charge in [-0.25, -0.2) is 0 Å². The molecule has 4 heteroatoms. The second kappa shape index (κ2) is 4.45. The lowest BCUT2D eigenvalue weighted by Gasteiger charge is -1.89. The minimum atomic E-state index is -0.0131. The van der Waals surface area contributed by atoms with Crippen molar-refractivity contribution < 1.29 is 4.79 Å². The summed E-state index contributed by atoms with van der Waals surface area (Å²) >= 11 is 1.63. The lowest BCUT2D eigenvalue weighted by atomic mass is 10.2. The van der Waals surface area contributed by atoms with Crippen LogP contribution in [0.3, 0.4) is 0 Å². The molecule has 3 nitrogen and oxygen atoms in total. The van der Waals surface area contributed by atoms with E-state index in [1.54, 1.807) is 41.5 Å². The zero-order chi connectivity index (χ0) is 11.5. The maximum Gasteiger partial charge on any atom is 0.189 e. The van der Waals surface area contributed by atoms with E-state index in [4.69, 9.17) is 0 Å². The first-order valence-corrected chi connectivity index (χ1v) is 5.80. The molecule has 0 spiro atoms. The fourth-order valence-electron chi connectivity index (χ4n) is 1.35. The van der Waals surface area contributed by atoms with Crippen LogP contribution in [0.4, 0.5) is 0 Å². The maximum absolute atomic E-state index is 11.7. The molecule has 2 heterocycles. The van der Waals surface area contributed by atoms with Gasteiger partial charge in [-0.2, -0.15) is 5.10 Å². The second-order valence-electron chi connectivity index (χ2n) is 3.57. The molecule has 82 valence electrons. The largest absolute Gasteiger partial charge is 0.289 e. The van der Waals surface area contributed by atoms with Crippen molar-refractivity contribution in [2.24, 2.45) is 7.05 Å². The Hall–Kier alpha value is -1.68. The van der Waals surface area contributed by atoms with Crippen molar-refractivity contribution in [3.63, 3.8) is 0 Å². The van der Waals surface area contributed by atoms with Gasteiger partial charge in [-0.15, -0.1) is 11.3 Å². The Balaban J connectivity index is 2.14. The summed E-state index contributed by atoms with van der Waals surface area (Å²) in [5, 5.41) is 5.98. The van der Waals surface area contributed by atoms with Gasteiger partial charge in [-0.3, -0.25) is 9.48 Å². The van der Waals surface area contributed by atoms with Crippen LogP contribution < -0.4 is 0 Å². The van der Waals surface area contributed by atoms with E-state index in [0.29, 0.717) is 5.56 Å². The smallest absolute Gasteiger partial charge is 0.189 e. The number of carbonyl (C=O) groups excluding carboxylic acids is 1. The molecular weight excluding hydrogens is 220 g/mol. The number of ketones is 1. The number of hydrogen-bond acceptors (Lipinski definition) is 3. The standard InChI is InChI=1S/C12H12N2OS/c1-9-5-6-16-12(9)4-3-11(15)10-7-13-14(2)8-10/h3-8H,1-2H3. The van der Waals surface area contributed by atoms with E-state index in [2.05, 4.69) is 5.10 Å². The highest BCUT2D eigenvalue weighted by Gasteiger charge is 2.04. The Bertz CT molecular complexity index is 537. The van der Waals surface area contributed by atoms with Gasteiger partial charge in [0.15, 0.2) is 5.78 Å². The summed E-state index contributed by atoms with van der Waals surface area (Å²) in [5.74, 6) is -0.0131. The molecule has 2 rings (SSSR count). The lowest BCUT2D eigenvalue weighted by molar-refractivity contribution is 0.104. The molecule has 0 fully saturated rings. The SMILES string of the molecule is Cc1ccsc1C=CC(=O)c1cnn(C)c1. The number of aryl methyl sites for hydroxylation is 2. The fraction of sp³-hybridized carbons (Fsp3) is 0.167. The number of thiophene rings is 1. The van der Waals surface area contributed by atoms with Crippen LogP contribution in [0.15, 0.2) is 29.9 Å². The number of carbonyl (C=O) groups is 1. The summed E-state index contributed by atoms with van der Waals surface area (Å²) in [7, 11) is 1.80. The van der Waals surface area contributed by atoms with Gasteiger partial charge in [0.1, 0.15) is 0 Å². The summed E-state index contributed by atoms with van der Waals surface area (Å²) in [6.07, 6.45) is 6.74. The number of allylic oxidation sites excluding steroid dienone is 1. The first kappa shape index (κ1) is 10.8. The molecule has 0 radical (unpaired) electrons. The van der Waals surface area contributed by atoms with Crippen molar-refractivity contribution in [2.45, 2.75) is 6.92 Å². The second-order valence-corrected chi connectivity index (χ2v) is 4.52. The zero-order valence-corrected chi connectivity index (χ0v) is 9.99. The molecule has 2 aromatic heterocycles. The average Bonchev–Trinajstić information content (AvgIpc) is 2.84. The highest BCUT2D eigenvalue weighted by atomic mass is 32.1. The molecule has 0 atom stereocenters. The average molecular weight is 232 g/mol. The molecule has 0 aliphatic rings. The topological polar surface area (TPSA) is 34.9 Å². The van der Waals surface area contributed by atoms with E-state index in [1.165, 1.54) is 5.56 Å². The minimum Gasteiger partial charge on any atom is -0.289 e. The summed E-state index contributed by atoms with van der Waals surface area (Å²) in [4.78, 5) is 12.9. The lowest BCUT2D eigenvalue weighted by Crippen LogP contribution is -1.91. The van der Waals surface area contributed by atoms with Crippen molar-refractivity contribution in [3.8, 4) is 0 Å². The quantitative estimate of drug-likeness (QED) is 0.602. The first-order chi connectivity index (χ1) is 7.66. The van der Waals surface area contributed by atoms with Crippen LogP contribution in [0.1, 0.15) is 20.8 Å². The van der Waals surface area contributed by atoms with Crippen molar-refractivity contribution in [1.82, 2.24) is 9.78 Å². The van der Waals surface area contributed by atoms with E-state index >= 15 is 0 Å². The Morgan fingerprint density at radius 2 is 2.38 bits per heavy atom. The van der Waals surface area contributed by atoms with Gasteiger partial charge in [0.2, 0.25) is 0 Å². The Morgan fingerprint density at radius 3 is 2.94 bits per heavy atom. The molecule has 0 aliphatic carbocycles. The third kappa shape index (κ3) is 2.28. The van der Waals surface area contributed by atoms with Crippen LogP contribution in [-0.2, 0) is 7.05 Å². The third-order valence-electron chi connectivity index (χ3n) is 2.28. The monoisotopic (exact) mass is 232 g/mol. The van der Waals surface area contributed by atoms with E-state index < -0.39 is 0 Å². The Labute approximate surface area is 98.0 Å². The number of aromatic nitrogens is 2. The van der Waals surface area contributed by atoms with Gasteiger partial charge in [0.25, 0.3) is 0 Å². The number of hydrogen-bond donors (Lipinski definition) is 0. The van der Waals surface area contributed by atoms with Gasteiger partial charge < -0.3 is 0 Å². The van der Waals surface area contributed by atoms with Crippen LogP contribution in [0.2, 0.25) is 0 Å². The molecule has 0 saturated carbocycles. The molecule has 0 bridgehead atoms. The zero-order valence-electron chi connectivity index (χ0n) is 9.18. The molecule has 2 aromatic rings. The number of rotatable bonds is 3. The van der Waals surface area contributed by atoms with Gasteiger partial charge in [-0.05, 0) is 36.1 Å². The number of nitrogens with zero attached hydrogens (tertiary/aromatic N) is 2. The van der Waals surface area contributed by atoms with Crippen LogP contribution in [0.25, 0.3) is 6.08 Å². The highest BCUT2D eigenvalue weighted by Crippen LogP contribution is 2.17.